The minimum Gasteiger partial charge on any atom is -0.325 e. The molecule has 23 heavy (non-hydrogen) atoms. The normalized spacial score (nSPS) is 23.6. The van der Waals surface area contributed by atoms with E-state index in [1.165, 1.54) is 11.3 Å². The lowest BCUT2D eigenvalue weighted by Gasteiger charge is -2.26. The van der Waals surface area contributed by atoms with Crippen LogP contribution in [-0.2, 0) is 11.2 Å². The van der Waals surface area contributed by atoms with Gasteiger partial charge in [-0.3, -0.25) is 14.9 Å². The number of thiazole rings is 1. The van der Waals surface area contributed by atoms with Crippen LogP contribution < -0.4 is 10.2 Å². The van der Waals surface area contributed by atoms with Gasteiger partial charge in [0.25, 0.3) is 5.91 Å². The van der Waals surface area contributed by atoms with Crippen LogP contribution in [0.3, 0.4) is 0 Å². The van der Waals surface area contributed by atoms with Gasteiger partial charge in [-0.05, 0) is 24.8 Å². The number of anilines is 1. The largest absolute Gasteiger partial charge is 0.325 e. The van der Waals surface area contributed by atoms with Crippen LogP contribution in [0.25, 0.3) is 0 Å². The summed E-state index contributed by atoms with van der Waals surface area (Å²) >= 11 is 1.43. The number of carbonyl (C=O) groups excluding carboxylic acids is 2. The number of carbonyl (C=O) groups is 2. The van der Waals surface area contributed by atoms with Crippen molar-refractivity contribution in [3.8, 4) is 0 Å². The van der Waals surface area contributed by atoms with E-state index in [0.29, 0.717) is 13.1 Å². The number of likely N-dealkylation sites (N-methyl/N-ethyl adjacent to an activating group) is 1. The van der Waals surface area contributed by atoms with Crippen molar-refractivity contribution in [2.24, 2.45) is 5.41 Å². The fourth-order valence-electron chi connectivity index (χ4n) is 3.20. The highest BCUT2D eigenvalue weighted by Crippen LogP contribution is 2.40. The second-order valence-corrected chi connectivity index (χ2v) is 8.19. The van der Waals surface area contributed by atoms with Gasteiger partial charge in [0.1, 0.15) is 0 Å². The van der Waals surface area contributed by atoms with Gasteiger partial charge in [0.05, 0.1) is 17.2 Å². The zero-order valence-electron chi connectivity index (χ0n) is 14.2. The molecule has 1 saturated heterocycles. The van der Waals surface area contributed by atoms with Crippen molar-refractivity contribution in [3.63, 3.8) is 0 Å². The molecule has 0 radical (unpaired) electrons. The molecule has 0 bridgehead atoms. The van der Waals surface area contributed by atoms with E-state index < -0.39 is 0 Å². The molecule has 1 atom stereocenters. The fourth-order valence-corrected chi connectivity index (χ4v) is 4.24. The number of amides is 1. The van der Waals surface area contributed by atoms with Crippen LogP contribution in [-0.4, -0.2) is 48.0 Å². The van der Waals surface area contributed by atoms with Crippen LogP contribution in [0.5, 0.6) is 0 Å². The van der Waals surface area contributed by atoms with Gasteiger partial charge in [-0.2, -0.15) is 0 Å². The summed E-state index contributed by atoms with van der Waals surface area (Å²) in [5.41, 5.74) is 0.856. The molecule has 1 aromatic rings. The average molecular weight is 336 g/mol. The second-order valence-electron chi connectivity index (χ2n) is 7.22. The Morgan fingerprint density at radius 3 is 2.78 bits per heavy atom. The number of hydrogen-bond acceptors (Lipinski definition) is 6. The second kappa shape index (κ2) is 5.87. The summed E-state index contributed by atoms with van der Waals surface area (Å²) in [6, 6.07) is 0. The van der Waals surface area contributed by atoms with Crippen LogP contribution in [0, 0.1) is 5.41 Å². The Kier molecular flexibility index (Phi) is 4.18. The number of nitrogens with zero attached hydrogens (tertiary/aromatic N) is 3. The number of ketones is 1. The Morgan fingerprint density at radius 1 is 1.35 bits per heavy atom. The fraction of sp³-hybridized carbons (Fsp3) is 0.688. The number of rotatable bonds is 4. The van der Waals surface area contributed by atoms with Crippen LogP contribution in [0.1, 0.15) is 49.0 Å². The number of nitrogens with one attached hydrogen (secondary N) is 1. The lowest BCUT2D eigenvalue weighted by atomic mass is 9.78. The molecule has 1 fully saturated rings. The van der Waals surface area contributed by atoms with Gasteiger partial charge in [0.15, 0.2) is 17.1 Å². The predicted molar refractivity (Wildman–Crippen MR) is 90.7 cm³/mol. The van der Waals surface area contributed by atoms with Crippen molar-refractivity contribution in [2.45, 2.75) is 46.2 Å². The number of fused-ring (bicyclic) bond motifs is 1. The first-order chi connectivity index (χ1) is 10.8. The Balaban J connectivity index is 1.90. The molecule has 2 aliphatic rings. The lowest BCUT2D eigenvalue weighted by Crippen LogP contribution is -2.46. The van der Waals surface area contributed by atoms with Gasteiger partial charge in [-0.15, -0.1) is 0 Å². The number of aromatic nitrogens is 1. The van der Waals surface area contributed by atoms with Gasteiger partial charge in [-0.25, -0.2) is 4.98 Å². The molecule has 0 spiro atoms. The first kappa shape index (κ1) is 16.4. The molecule has 1 N–H and O–H groups in total. The highest BCUT2D eigenvalue weighted by atomic mass is 32.1. The maximum absolute atomic E-state index is 12.4. The molecule has 0 aromatic carbocycles. The van der Waals surface area contributed by atoms with Gasteiger partial charge >= 0.3 is 0 Å². The summed E-state index contributed by atoms with van der Waals surface area (Å²) in [5, 5.41) is 4.06. The summed E-state index contributed by atoms with van der Waals surface area (Å²) in [7, 11) is 1.80. The van der Waals surface area contributed by atoms with Crippen LogP contribution in [0.4, 0.5) is 5.13 Å². The molecule has 1 amide bonds. The van der Waals surface area contributed by atoms with E-state index >= 15 is 0 Å². The molecular formula is C16H24N4O2S. The monoisotopic (exact) mass is 336 g/mol. The van der Waals surface area contributed by atoms with Gasteiger partial charge < -0.3 is 9.80 Å². The third kappa shape index (κ3) is 2.99. The summed E-state index contributed by atoms with van der Waals surface area (Å²) in [4.78, 5) is 33.9. The highest BCUT2D eigenvalue weighted by molar-refractivity contribution is 7.17. The van der Waals surface area contributed by atoms with Gasteiger partial charge in [0.2, 0.25) is 0 Å². The van der Waals surface area contributed by atoms with Crippen molar-refractivity contribution < 1.29 is 9.59 Å². The van der Waals surface area contributed by atoms with Crippen LogP contribution in [0.15, 0.2) is 0 Å². The maximum Gasteiger partial charge on any atom is 0.261 e. The molecule has 126 valence electrons. The topological polar surface area (TPSA) is 65.5 Å². The zero-order chi connectivity index (χ0) is 16.8. The van der Waals surface area contributed by atoms with E-state index in [2.05, 4.69) is 26.1 Å². The lowest BCUT2D eigenvalue weighted by molar-refractivity contribution is -0.128. The minimum atomic E-state index is -0.379. The molecule has 7 heteroatoms. The van der Waals surface area contributed by atoms with Gasteiger partial charge in [0, 0.05) is 13.5 Å². The molecule has 3 rings (SSSR count). The van der Waals surface area contributed by atoms with Crippen molar-refractivity contribution >= 4 is 28.2 Å². The summed E-state index contributed by atoms with van der Waals surface area (Å²) < 4.78 is 0. The summed E-state index contributed by atoms with van der Waals surface area (Å²) in [6.45, 7) is 7.56. The van der Waals surface area contributed by atoms with Gasteiger partial charge in [-0.1, -0.05) is 32.1 Å². The average Bonchev–Trinajstić information content (AvgIpc) is 2.99. The SMILES string of the molecule is CCCNC1C(=O)N(C)CN1c1nc2c(s1)C(=O)CC(C)(C)C2. The van der Waals surface area contributed by atoms with E-state index in [4.69, 9.17) is 4.98 Å². The van der Waals surface area contributed by atoms with Crippen molar-refractivity contribution in [1.29, 1.82) is 0 Å². The van der Waals surface area contributed by atoms with Crippen molar-refractivity contribution in [1.82, 2.24) is 15.2 Å². The Labute approximate surface area is 140 Å². The smallest absolute Gasteiger partial charge is 0.261 e. The molecule has 1 aliphatic heterocycles. The van der Waals surface area contributed by atoms with E-state index in [1.807, 2.05) is 4.90 Å². The maximum atomic E-state index is 12.4. The van der Waals surface area contributed by atoms with E-state index in [0.717, 1.165) is 35.1 Å². The third-order valence-corrected chi connectivity index (χ3v) is 5.52. The molecule has 2 heterocycles. The first-order valence-corrected chi connectivity index (χ1v) is 8.92. The Morgan fingerprint density at radius 2 is 2.09 bits per heavy atom. The Bertz CT molecular complexity index is 640. The summed E-state index contributed by atoms with van der Waals surface area (Å²) in [5.74, 6) is 0.232. The first-order valence-electron chi connectivity index (χ1n) is 8.10. The molecule has 6 nitrogen and oxygen atoms in total. The molecule has 1 aliphatic carbocycles. The third-order valence-electron chi connectivity index (χ3n) is 4.34. The van der Waals surface area contributed by atoms with E-state index in [9.17, 15) is 9.59 Å². The van der Waals surface area contributed by atoms with Crippen molar-refractivity contribution in [3.05, 3.63) is 10.6 Å². The zero-order valence-corrected chi connectivity index (χ0v) is 15.0. The molecular weight excluding hydrogens is 312 g/mol. The molecule has 0 saturated carbocycles. The minimum absolute atomic E-state index is 0.0348. The quantitative estimate of drug-likeness (QED) is 0.909. The number of Topliss-reactive ketones (excluding diaryl/α,β-unsaturated/α-hetero) is 1. The Hall–Kier alpha value is -1.47. The van der Waals surface area contributed by atoms with E-state index in [1.54, 1.807) is 11.9 Å². The van der Waals surface area contributed by atoms with Crippen LogP contribution in [0.2, 0.25) is 0 Å². The summed E-state index contributed by atoms with van der Waals surface area (Å²) in [6.07, 6.45) is 1.96. The number of hydrogen-bond donors (Lipinski definition) is 1. The van der Waals surface area contributed by atoms with Crippen molar-refractivity contribution in [2.75, 3.05) is 25.2 Å². The van der Waals surface area contributed by atoms with Crippen LogP contribution >= 0.6 is 11.3 Å². The molecule has 1 unspecified atom stereocenters. The standard InChI is InChI=1S/C16H24N4O2S/c1-5-6-17-13-14(22)19(4)9-20(13)15-18-10-7-16(2,3)8-11(21)12(10)23-15/h13,17H,5-9H2,1-4H3. The van der Waals surface area contributed by atoms with E-state index in [-0.39, 0.29) is 23.3 Å². The predicted octanol–water partition coefficient (Wildman–Crippen LogP) is 1.86. The highest BCUT2D eigenvalue weighted by Gasteiger charge is 2.40. The molecule has 1 aromatic heterocycles.